The maximum atomic E-state index is 11.2. The van der Waals surface area contributed by atoms with Crippen molar-refractivity contribution < 1.29 is 9.53 Å². The molecule has 1 rings (SSSR count). The lowest BCUT2D eigenvalue weighted by molar-refractivity contribution is -0.135. The predicted molar refractivity (Wildman–Crippen MR) is 62.1 cm³/mol. The second-order valence-corrected chi connectivity index (χ2v) is 3.77. The van der Waals surface area contributed by atoms with Crippen molar-refractivity contribution in [1.82, 2.24) is 0 Å². The second kappa shape index (κ2) is 5.19. The Kier molecular flexibility index (Phi) is 4.18. The van der Waals surface area contributed by atoms with Gasteiger partial charge in [0.2, 0.25) is 0 Å². The first-order valence-corrected chi connectivity index (χ1v) is 5.02. The summed E-state index contributed by atoms with van der Waals surface area (Å²) in [6, 6.07) is 5.17. The van der Waals surface area contributed by atoms with Crippen LogP contribution in [-0.4, -0.2) is 13.1 Å². The standard InChI is InChI=1S/C11H10Cl2O2/c1-7(11(14)15-2)6-8-9(12)4-3-5-10(8)13/h3-6H,1-2H3/b7-6+. The maximum absolute atomic E-state index is 11.2. The predicted octanol–water partition coefficient (Wildman–Crippen LogP) is 3.57. The summed E-state index contributed by atoms with van der Waals surface area (Å²) < 4.78 is 4.57. The molecule has 0 amide bonds. The topological polar surface area (TPSA) is 26.3 Å². The molecule has 0 fully saturated rings. The number of carbonyl (C=O) groups excluding carboxylic acids is 1. The van der Waals surface area contributed by atoms with Crippen molar-refractivity contribution in [2.45, 2.75) is 6.92 Å². The van der Waals surface area contributed by atoms with Crippen molar-refractivity contribution in [2.75, 3.05) is 7.11 Å². The highest BCUT2D eigenvalue weighted by molar-refractivity contribution is 6.37. The molecule has 0 unspecified atom stereocenters. The Labute approximate surface area is 98.4 Å². The summed E-state index contributed by atoms with van der Waals surface area (Å²) in [6.07, 6.45) is 1.61. The van der Waals surface area contributed by atoms with Crippen molar-refractivity contribution in [3.8, 4) is 0 Å². The van der Waals surface area contributed by atoms with Gasteiger partial charge in [0.05, 0.1) is 7.11 Å². The van der Waals surface area contributed by atoms with Gasteiger partial charge in [-0.25, -0.2) is 4.79 Å². The van der Waals surface area contributed by atoms with Gasteiger partial charge in [0.25, 0.3) is 0 Å². The van der Waals surface area contributed by atoms with E-state index in [1.807, 2.05) is 0 Å². The van der Waals surface area contributed by atoms with Crippen LogP contribution in [0.5, 0.6) is 0 Å². The molecule has 0 saturated heterocycles. The van der Waals surface area contributed by atoms with Gasteiger partial charge in [-0.2, -0.15) is 0 Å². The van der Waals surface area contributed by atoms with Crippen LogP contribution >= 0.6 is 23.2 Å². The number of ether oxygens (including phenoxy) is 1. The Bertz CT molecular complexity index is 391. The summed E-state index contributed by atoms with van der Waals surface area (Å²) in [5.74, 6) is -0.397. The first-order valence-electron chi connectivity index (χ1n) is 4.27. The minimum Gasteiger partial charge on any atom is -0.466 e. The molecule has 15 heavy (non-hydrogen) atoms. The van der Waals surface area contributed by atoms with E-state index in [1.54, 1.807) is 31.2 Å². The molecule has 0 aliphatic rings. The molecule has 4 heteroatoms. The first kappa shape index (κ1) is 12.1. The Hall–Kier alpha value is -0.990. The van der Waals surface area contributed by atoms with Crippen molar-refractivity contribution in [2.24, 2.45) is 0 Å². The molecule has 0 aliphatic carbocycles. The molecule has 0 aliphatic heterocycles. The van der Waals surface area contributed by atoms with Crippen molar-refractivity contribution in [3.05, 3.63) is 39.4 Å². The van der Waals surface area contributed by atoms with Crippen molar-refractivity contribution in [1.29, 1.82) is 0 Å². The van der Waals surface area contributed by atoms with Crippen LogP contribution in [0.4, 0.5) is 0 Å². The minimum absolute atomic E-state index is 0.397. The van der Waals surface area contributed by atoms with Gasteiger partial charge in [-0.3, -0.25) is 0 Å². The van der Waals surface area contributed by atoms with E-state index < -0.39 is 5.97 Å². The number of hydrogen-bond donors (Lipinski definition) is 0. The Morgan fingerprint density at radius 1 is 1.33 bits per heavy atom. The summed E-state index contributed by atoms with van der Waals surface area (Å²) in [5.41, 5.74) is 1.08. The third kappa shape index (κ3) is 2.98. The molecule has 0 atom stereocenters. The second-order valence-electron chi connectivity index (χ2n) is 2.95. The summed E-state index contributed by atoms with van der Waals surface area (Å²) in [7, 11) is 1.33. The monoisotopic (exact) mass is 244 g/mol. The lowest BCUT2D eigenvalue weighted by Crippen LogP contribution is -2.01. The molecule has 0 spiro atoms. The van der Waals surface area contributed by atoms with E-state index >= 15 is 0 Å². The van der Waals surface area contributed by atoms with E-state index in [0.29, 0.717) is 21.2 Å². The maximum Gasteiger partial charge on any atom is 0.333 e. The van der Waals surface area contributed by atoms with Crippen molar-refractivity contribution in [3.63, 3.8) is 0 Å². The SMILES string of the molecule is COC(=O)/C(C)=C/c1c(Cl)cccc1Cl. The summed E-state index contributed by atoms with van der Waals surface area (Å²) in [4.78, 5) is 11.2. The number of benzene rings is 1. The van der Waals surface area contributed by atoms with E-state index in [1.165, 1.54) is 7.11 Å². The smallest absolute Gasteiger partial charge is 0.333 e. The van der Waals surface area contributed by atoms with Crippen LogP contribution in [0, 0.1) is 0 Å². The van der Waals surface area contributed by atoms with Crippen LogP contribution < -0.4 is 0 Å². The number of carbonyl (C=O) groups is 1. The van der Waals surface area contributed by atoms with Crippen molar-refractivity contribution >= 4 is 35.2 Å². The molecule has 0 aromatic heterocycles. The zero-order valence-corrected chi connectivity index (χ0v) is 9.89. The fourth-order valence-electron chi connectivity index (χ4n) is 1.09. The largest absolute Gasteiger partial charge is 0.466 e. The number of esters is 1. The molecule has 0 radical (unpaired) electrons. The zero-order valence-electron chi connectivity index (χ0n) is 8.38. The Morgan fingerprint density at radius 3 is 2.33 bits per heavy atom. The Morgan fingerprint density at radius 2 is 1.87 bits per heavy atom. The van der Waals surface area contributed by atoms with Crippen LogP contribution in [0.15, 0.2) is 23.8 Å². The lowest BCUT2D eigenvalue weighted by Gasteiger charge is -2.03. The van der Waals surface area contributed by atoms with Gasteiger partial charge in [-0.1, -0.05) is 29.3 Å². The van der Waals surface area contributed by atoms with Crippen LogP contribution in [0.1, 0.15) is 12.5 Å². The molecule has 1 aromatic carbocycles. The molecule has 1 aromatic rings. The average molecular weight is 245 g/mol. The molecule has 0 bridgehead atoms. The van der Waals surface area contributed by atoms with E-state index in [0.717, 1.165) is 0 Å². The highest BCUT2D eigenvalue weighted by Gasteiger charge is 2.07. The van der Waals surface area contributed by atoms with Gasteiger partial charge in [0.15, 0.2) is 0 Å². The Balaban J connectivity index is 3.13. The van der Waals surface area contributed by atoms with Gasteiger partial charge in [0, 0.05) is 21.2 Å². The normalized spacial score (nSPS) is 11.3. The van der Waals surface area contributed by atoms with Crippen LogP contribution in [-0.2, 0) is 9.53 Å². The van der Waals surface area contributed by atoms with Crippen LogP contribution in [0.25, 0.3) is 6.08 Å². The number of methoxy groups -OCH3 is 1. The lowest BCUT2D eigenvalue weighted by atomic mass is 10.1. The third-order valence-corrected chi connectivity index (χ3v) is 2.53. The molecule has 2 nitrogen and oxygen atoms in total. The van der Waals surface area contributed by atoms with E-state index in [9.17, 15) is 4.79 Å². The molecule has 80 valence electrons. The molecule has 0 N–H and O–H groups in total. The highest BCUT2D eigenvalue weighted by Crippen LogP contribution is 2.26. The fourth-order valence-corrected chi connectivity index (χ4v) is 1.59. The zero-order chi connectivity index (χ0) is 11.4. The van der Waals surface area contributed by atoms with E-state index in [2.05, 4.69) is 4.74 Å². The minimum atomic E-state index is -0.397. The molecular formula is C11H10Cl2O2. The number of rotatable bonds is 2. The number of halogens is 2. The van der Waals surface area contributed by atoms with E-state index in [4.69, 9.17) is 23.2 Å². The van der Waals surface area contributed by atoms with Gasteiger partial charge < -0.3 is 4.74 Å². The summed E-state index contributed by atoms with van der Waals surface area (Å²) in [5, 5.41) is 1.01. The van der Waals surface area contributed by atoms with Gasteiger partial charge in [0.1, 0.15) is 0 Å². The average Bonchev–Trinajstić information content (AvgIpc) is 2.22. The van der Waals surface area contributed by atoms with Crippen LogP contribution in [0.3, 0.4) is 0 Å². The van der Waals surface area contributed by atoms with Gasteiger partial charge >= 0.3 is 5.97 Å². The molecular weight excluding hydrogens is 235 g/mol. The first-order chi connectivity index (χ1) is 7.06. The third-order valence-electron chi connectivity index (χ3n) is 1.87. The summed E-state index contributed by atoms with van der Waals surface area (Å²) in [6.45, 7) is 1.64. The fraction of sp³-hybridized carbons (Fsp3) is 0.182. The van der Waals surface area contributed by atoms with E-state index in [-0.39, 0.29) is 0 Å². The quantitative estimate of drug-likeness (QED) is 0.588. The highest BCUT2D eigenvalue weighted by atomic mass is 35.5. The molecule has 0 saturated carbocycles. The number of hydrogen-bond acceptors (Lipinski definition) is 2. The molecule has 0 heterocycles. The van der Waals surface area contributed by atoms with Crippen LogP contribution in [0.2, 0.25) is 10.0 Å². The summed E-state index contributed by atoms with van der Waals surface area (Å²) >= 11 is 11.9. The van der Waals surface area contributed by atoms with Gasteiger partial charge in [-0.05, 0) is 25.1 Å². The van der Waals surface area contributed by atoms with Gasteiger partial charge in [-0.15, -0.1) is 0 Å².